The largest absolute Gasteiger partial charge is 0.370 e. The lowest BCUT2D eigenvalue weighted by atomic mass is 10.1. The third-order valence-electron chi connectivity index (χ3n) is 5.27. The number of thioether (sulfide) groups is 1. The van der Waals surface area contributed by atoms with Gasteiger partial charge in [-0.15, -0.1) is 0 Å². The van der Waals surface area contributed by atoms with Crippen molar-refractivity contribution in [3.8, 4) is 0 Å². The summed E-state index contributed by atoms with van der Waals surface area (Å²) in [6.07, 6.45) is 5.00. The van der Waals surface area contributed by atoms with E-state index in [-0.39, 0.29) is 11.5 Å². The number of hydrogen-bond acceptors (Lipinski definition) is 6. The summed E-state index contributed by atoms with van der Waals surface area (Å²) in [6.45, 7) is 5.01. The van der Waals surface area contributed by atoms with E-state index in [0.29, 0.717) is 39.3 Å². The van der Waals surface area contributed by atoms with Gasteiger partial charge in [0, 0.05) is 19.3 Å². The number of fused-ring (bicyclic) bond motifs is 1. The van der Waals surface area contributed by atoms with E-state index < -0.39 is 0 Å². The monoisotopic (exact) mass is 464 g/mol. The molecule has 32 heavy (non-hydrogen) atoms. The van der Waals surface area contributed by atoms with Crippen molar-refractivity contribution in [3.05, 3.63) is 80.6 Å². The summed E-state index contributed by atoms with van der Waals surface area (Å²) in [5, 5.41) is 3.16. The van der Waals surface area contributed by atoms with Crippen LogP contribution in [-0.2, 0) is 11.2 Å². The van der Waals surface area contributed by atoms with E-state index in [9.17, 15) is 9.59 Å². The molecule has 1 N–H and O–H groups in total. The number of carbonyl (C=O) groups excluding carboxylic acids is 1. The highest BCUT2D eigenvalue weighted by Gasteiger charge is 2.32. The van der Waals surface area contributed by atoms with Crippen molar-refractivity contribution >= 4 is 51.7 Å². The standard InChI is InChI=1S/C24H24N4O2S2/c1-3-25-20-18(22(29)27-13-7-9-16(2)21(27)26-20)15-19-23(30)28(24(31)32-19)14-8-12-17-10-5-4-6-11-17/h4-7,9-11,13,15,25H,3,8,12,14H2,1-2H3/b19-15-. The van der Waals surface area contributed by atoms with Crippen molar-refractivity contribution in [1.29, 1.82) is 0 Å². The van der Waals surface area contributed by atoms with Crippen LogP contribution in [0.15, 0.2) is 58.4 Å². The first-order chi connectivity index (χ1) is 15.5. The van der Waals surface area contributed by atoms with Crippen LogP contribution in [0.4, 0.5) is 5.82 Å². The fourth-order valence-corrected chi connectivity index (χ4v) is 4.94. The molecule has 6 nitrogen and oxygen atoms in total. The van der Waals surface area contributed by atoms with Gasteiger partial charge in [-0.25, -0.2) is 4.98 Å². The van der Waals surface area contributed by atoms with E-state index in [4.69, 9.17) is 12.2 Å². The minimum atomic E-state index is -0.219. The maximum absolute atomic E-state index is 13.2. The molecule has 4 rings (SSSR count). The first-order valence-corrected chi connectivity index (χ1v) is 11.8. The Kier molecular flexibility index (Phi) is 6.72. The highest BCUT2D eigenvalue weighted by Crippen LogP contribution is 2.33. The van der Waals surface area contributed by atoms with Crippen LogP contribution in [0, 0.1) is 6.92 Å². The second kappa shape index (κ2) is 9.67. The zero-order valence-corrected chi connectivity index (χ0v) is 19.6. The minimum Gasteiger partial charge on any atom is -0.370 e. The summed E-state index contributed by atoms with van der Waals surface area (Å²) in [6, 6.07) is 13.9. The molecule has 1 fully saturated rings. The smallest absolute Gasteiger partial charge is 0.267 e. The number of hydrogen-bond donors (Lipinski definition) is 1. The third kappa shape index (κ3) is 4.47. The molecule has 0 aliphatic carbocycles. The zero-order valence-electron chi connectivity index (χ0n) is 18.0. The molecule has 0 bridgehead atoms. The van der Waals surface area contributed by atoms with Crippen LogP contribution in [0.25, 0.3) is 11.7 Å². The molecule has 0 spiro atoms. The second-order valence-corrected chi connectivity index (χ2v) is 9.19. The predicted octanol–water partition coefficient (Wildman–Crippen LogP) is 4.27. The Hall–Kier alpha value is -2.97. The Morgan fingerprint density at radius 3 is 2.69 bits per heavy atom. The average Bonchev–Trinajstić information content (AvgIpc) is 3.05. The maximum Gasteiger partial charge on any atom is 0.267 e. The van der Waals surface area contributed by atoms with Gasteiger partial charge >= 0.3 is 0 Å². The van der Waals surface area contributed by atoms with Crippen LogP contribution >= 0.6 is 24.0 Å². The minimum absolute atomic E-state index is 0.163. The van der Waals surface area contributed by atoms with Gasteiger partial charge in [0.05, 0.1) is 10.5 Å². The number of thiocarbonyl (C=S) groups is 1. The third-order valence-corrected chi connectivity index (χ3v) is 6.65. The summed E-state index contributed by atoms with van der Waals surface area (Å²) < 4.78 is 2.03. The molecule has 1 aliphatic heterocycles. The number of anilines is 1. The number of rotatable bonds is 7. The van der Waals surface area contributed by atoms with Gasteiger partial charge in [0.2, 0.25) is 0 Å². The van der Waals surface area contributed by atoms with E-state index in [2.05, 4.69) is 22.4 Å². The van der Waals surface area contributed by atoms with E-state index in [1.807, 2.05) is 44.2 Å². The summed E-state index contributed by atoms with van der Waals surface area (Å²) in [4.78, 5) is 33.0. The molecule has 3 heterocycles. The first-order valence-electron chi connectivity index (χ1n) is 10.5. The Bertz CT molecular complexity index is 1270. The molecule has 0 atom stereocenters. The highest BCUT2D eigenvalue weighted by atomic mass is 32.2. The molecule has 2 aromatic heterocycles. The van der Waals surface area contributed by atoms with Crippen LogP contribution < -0.4 is 10.9 Å². The van der Waals surface area contributed by atoms with E-state index >= 15 is 0 Å². The number of amides is 1. The molecule has 0 saturated carbocycles. The van der Waals surface area contributed by atoms with Crippen LogP contribution in [0.2, 0.25) is 0 Å². The van der Waals surface area contributed by atoms with Crippen molar-refractivity contribution in [1.82, 2.24) is 14.3 Å². The average molecular weight is 465 g/mol. The second-order valence-electron chi connectivity index (χ2n) is 7.52. The number of benzene rings is 1. The number of nitrogens with zero attached hydrogens (tertiary/aromatic N) is 3. The number of nitrogens with one attached hydrogen (secondary N) is 1. The van der Waals surface area contributed by atoms with Gasteiger partial charge in [0.1, 0.15) is 15.8 Å². The lowest BCUT2D eigenvalue weighted by molar-refractivity contribution is -0.122. The van der Waals surface area contributed by atoms with Gasteiger partial charge in [-0.1, -0.05) is 60.4 Å². The molecule has 1 saturated heterocycles. The fraction of sp³-hybridized carbons (Fsp3) is 0.250. The van der Waals surface area contributed by atoms with Crippen molar-refractivity contribution < 1.29 is 4.79 Å². The number of aromatic nitrogens is 2. The Morgan fingerprint density at radius 1 is 1.16 bits per heavy atom. The molecule has 1 amide bonds. The van der Waals surface area contributed by atoms with Gasteiger partial charge in [-0.2, -0.15) is 0 Å². The molecule has 3 aromatic rings. The molecule has 0 unspecified atom stereocenters. The van der Waals surface area contributed by atoms with E-state index in [1.165, 1.54) is 21.7 Å². The molecular weight excluding hydrogens is 440 g/mol. The summed E-state index contributed by atoms with van der Waals surface area (Å²) in [5.41, 5.74) is 2.87. The number of aryl methyl sites for hydroxylation is 2. The zero-order chi connectivity index (χ0) is 22.7. The summed E-state index contributed by atoms with van der Waals surface area (Å²) in [7, 11) is 0. The van der Waals surface area contributed by atoms with Crippen LogP contribution in [-0.4, -0.2) is 37.6 Å². The predicted molar refractivity (Wildman–Crippen MR) is 135 cm³/mol. The number of carbonyl (C=O) groups is 1. The van der Waals surface area contributed by atoms with Gasteiger partial charge in [0.15, 0.2) is 0 Å². The maximum atomic E-state index is 13.2. The number of pyridine rings is 1. The van der Waals surface area contributed by atoms with Crippen LogP contribution in [0.3, 0.4) is 0 Å². The van der Waals surface area contributed by atoms with Gasteiger partial charge in [-0.3, -0.25) is 18.9 Å². The Labute approximate surface area is 196 Å². The molecule has 1 aliphatic rings. The van der Waals surface area contributed by atoms with Crippen molar-refractivity contribution in [3.63, 3.8) is 0 Å². The van der Waals surface area contributed by atoms with Gasteiger partial charge in [-0.05, 0) is 50.0 Å². The topological polar surface area (TPSA) is 66.7 Å². The van der Waals surface area contributed by atoms with Gasteiger partial charge < -0.3 is 5.32 Å². The van der Waals surface area contributed by atoms with Crippen molar-refractivity contribution in [2.75, 3.05) is 18.4 Å². The quantitative estimate of drug-likeness (QED) is 0.416. The van der Waals surface area contributed by atoms with Crippen LogP contribution in [0.5, 0.6) is 0 Å². The molecule has 164 valence electrons. The molecule has 1 aromatic carbocycles. The van der Waals surface area contributed by atoms with Crippen LogP contribution in [0.1, 0.15) is 30.0 Å². The van der Waals surface area contributed by atoms with E-state index in [0.717, 1.165) is 18.4 Å². The van der Waals surface area contributed by atoms with Crippen molar-refractivity contribution in [2.24, 2.45) is 0 Å². The van der Waals surface area contributed by atoms with E-state index in [1.54, 1.807) is 17.2 Å². The summed E-state index contributed by atoms with van der Waals surface area (Å²) >= 11 is 6.70. The Balaban J connectivity index is 1.61. The molecule has 0 radical (unpaired) electrons. The Morgan fingerprint density at radius 2 is 1.94 bits per heavy atom. The summed E-state index contributed by atoms with van der Waals surface area (Å²) in [5.74, 6) is 0.311. The molecule has 8 heteroatoms. The first kappa shape index (κ1) is 22.2. The fourth-order valence-electron chi connectivity index (χ4n) is 3.65. The SMILES string of the molecule is CCNc1nc2c(C)cccn2c(=O)c1/C=C1\SC(=S)N(CCCc2ccccc2)C1=O. The molecular formula is C24H24N4O2S2. The lowest BCUT2D eigenvalue weighted by Crippen LogP contribution is -2.29. The normalized spacial score (nSPS) is 15.2. The van der Waals surface area contributed by atoms with Crippen molar-refractivity contribution in [2.45, 2.75) is 26.7 Å². The van der Waals surface area contributed by atoms with Gasteiger partial charge in [0.25, 0.3) is 11.5 Å². The lowest BCUT2D eigenvalue weighted by Gasteiger charge is -2.14. The highest BCUT2D eigenvalue weighted by molar-refractivity contribution is 8.26.